The molecule has 2 aromatic heterocycles. The van der Waals surface area contributed by atoms with E-state index in [1.807, 2.05) is 0 Å². The molecule has 6 nitrogen and oxygen atoms in total. The van der Waals surface area contributed by atoms with Gasteiger partial charge in [-0.3, -0.25) is 5.10 Å². The largest absolute Gasteiger partial charge is 0.383 e. The van der Waals surface area contributed by atoms with Crippen LogP contribution in [0.5, 0.6) is 0 Å². The zero-order chi connectivity index (χ0) is 14.1. The van der Waals surface area contributed by atoms with Crippen LogP contribution in [0, 0.1) is 13.8 Å². The van der Waals surface area contributed by atoms with Gasteiger partial charge >= 0.3 is 0 Å². The van der Waals surface area contributed by atoms with Crippen molar-refractivity contribution in [3.63, 3.8) is 0 Å². The van der Waals surface area contributed by atoms with Crippen molar-refractivity contribution >= 4 is 5.82 Å². The summed E-state index contributed by atoms with van der Waals surface area (Å²) >= 11 is 0. The standard InChI is InChI=1S/C14H15N5O/c1-8-3-4-10(5-9(8)2)6-12-17-14(20-19-12)11-7-16-18-13(11)15/h3-5,7H,6H2,1-2H3,(H3,15,16,18). The van der Waals surface area contributed by atoms with Crippen molar-refractivity contribution in [2.75, 3.05) is 5.73 Å². The number of hydrogen-bond donors (Lipinski definition) is 2. The molecule has 0 fully saturated rings. The summed E-state index contributed by atoms with van der Waals surface area (Å²) < 4.78 is 5.21. The molecule has 20 heavy (non-hydrogen) atoms. The first-order valence-corrected chi connectivity index (χ1v) is 6.31. The first-order chi connectivity index (χ1) is 9.63. The van der Waals surface area contributed by atoms with E-state index in [0.29, 0.717) is 29.5 Å². The van der Waals surface area contributed by atoms with Gasteiger partial charge in [-0.15, -0.1) is 0 Å². The summed E-state index contributed by atoms with van der Waals surface area (Å²) in [4.78, 5) is 4.34. The number of hydrogen-bond acceptors (Lipinski definition) is 5. The van der Waals surface area contributed by atoms with Gasteiger partial charge in [0.1, 0.15) is 11.4 Å². The number of anilines is 1. The van der Waals surface area contributed by atoms with E-state index in [1.165, 1.54) is 11.1 Å². The molecule has 0 spiro atoms. The van der Waals surface area contributed by atoms with Crippen molar-refractivity contribution in [1.82, 2.24) is 20.3 Å². The van der Waals surface area contributed by atoms with Crippen molar-refractivity contribution in [3.8, 4) is 11.5 Å². The van der Waals surface area contributed by atoms with Crippen molar-refractivity contribution in [2.45, 2.75) is 20.3 Å². The predicted octanol–water partition coefficient (Wildman–Crippen LogP) is 2.25. The number of nitrogens with two attached hydrogens (primary N) is 1. The van der Waals surface area contributed by atoms with Crippen molar-refractivity contribution in [1.29, 1.82) is 0 Å². The molecule has 0 aliphatic carbocycles. The highest BCUT2D eigenvalue weighted by Crippen LogP contribution is 2.22. The fourth-order valence-corrected chi connectivity index (χ4v) is 2.00. The number of nitrogens with one attached hydrogen (secondary N) is 1. The van der Waals surface area contributed by atoms with E-state index in [2.05, 4.69) is 52.4 Å². The molecular weight excluding hydrogens is 254 g/mol. The molecule has 0 saturated carbocycles. The Labute approximate surface area is 116 Å². The third kappa shape index (κ3) is 2.27. The monoisotopic (exact) mass is 269 g/mol. The van der Waals surface area contributed by atoms with E-state index in [4.69, 9.17) is 10.3 Å². The van der Waals surface area contributed by atoms with Crippen LogP contribution in [0.2, 0.25) is 0 Å². The molecule has 0 aliphatic heterocycles. The Morgan fingerprint density at radius 1 is 1.25 bits per heavy atom. The van der Waals surface area contributed by atoms with Crippen LogP contribution in [-0.4, -0.2) is 20.3 Å². The number of aromatic amines is 1. The molecule has 2 heterocycles. The number of aromatic nitrogens is 4. The predicted molar refractivity (Wildman–Crippen MR) is 75.0 cm³/mol. The molecule has 0 radical (unpaired) electrons. The molecule has 6 heteroatoms. The SMILES string of the molecule is Cc1ccc(Cc2noc(-c3cn[nH]c3N)n2)cc1C. The molecule has 102 valence electrons. The van der Waals surface area contributed by atoms with Crippen LogP contribution in [0.3, 0.4) is 0 Å². The zero-order valence-electron chi connectivity index (χ0n) is 11.3. The maximum atomic E-state index is 5.73. The van der Waals surface area contributed by atoms with Gasteiger partial charge < -0.3 is 10.3 Å². The van der Waals surface area contributed by atoms with E-state index >= 15 is 0 Å². The highest BCUT2D eigenvalue weighted by molar-refractivity contribution is 5.65. The molecule has 3 rings (SSSR count). The van der Waals surface area contributed by atoms with E-state index in [1.54, 1.807) is 6.20 Å². The number of benzene rings is 1. The van der Waals surface area contributed by atoms with E-state index in [0.717, 1.165) is 5.56 Å². The molecule has 0 aliphatic rings. The van der Waals surface area contributed by atoms with Crippen LogP contribution in [-0.2, 0) is 6.42 Å². The van der Waals surface area contributed by atoms with Crippen LogP contribution < -0.4 is 5.73 Å². The highest BCUT2D eigenvalue weighted by Gasteiger charge is 2.13. The van der Waals surface area contributed by atoms with Gasteiger partial charge in [-0.2, -0.15) is 10.1 Å². The van der Waals surface area contributed by atoms with Gasteiger partial charge in [-0.25, -0.2) is 0 Å². The molecule has 0 amide bonds. The minimum atomic E-state index is 0.384. The minimum Gasteiger partial charge on any atom is -0.383 e. The van der Waals surface area contributed by atoms with Crippen LogP contribution in [0.25, 0.3) is 11.5 Å². The average molecular weight is 269 g/mol. The quantitative estimate of drug-likeness (QED) is 0.760. The van der Waals surface area contributed by atoms with Gasteiger partial charge in [0.15, 0.2) is 5.82 Å². The third-order valence-corrected chi connectivity index (χ3v) is 3.30. The lowest BCUT2D eigenvalue weighted by molar-refractivity contribution is 0.424. The van der Waals surface area contributed by atoms with Gasteiger partial charge in [0.25, 0.3) is 5.89 Å². The molecule has 0 bridgehead atoms. The van der Waals surface area contributed by atoms with Crippen LogP contribution in [0.15, 0.2) is 28.9 Å². The van der Waals surface area contributed by atoms with Gasteiger partial charge in [0.05, 0.1) is 6.20 Å². The topological polar surface area (TPSA) is 93.6 Å². The van der Waals surface area contributed by atoms with Gasteiger partial charge in [-0.05, 0) is 30.5 Å². The smallest absolute Gasteiger partial charge is 0.263 e. The minimum absolute atomic E-state index is 0.384. The summed E-state index contributed by atoms with van der Waals surface area (Å²) in [5.41, 5.74) is 10.0. The Hall–Kier alpha value is -2.63. The second kappa shape index (κ2) is 4.80. The number of nitrogen functional groups attached to an aromatic ring is 1. The van der Waals surface area contributed by atoms with Crippen molar-refractivity contribution < 1.29 is 4.52 Å². The summed E-state index contributed by atoms with van der Waals surface area (Å²) in [6.45, 7) is 4.18. The number of H-pyrrole nitrogens is 1. The molecule has 0 atom stereocenters. The summed E-state index contributed by atoms with van der Waals surface area (Å²) in [6, 6.07) is 6.31. The second-order valence-electron chi connectivity index (χ2n) is 4.81. The average Bonchev–Trinajstić information content (AvgIpc) is 3.03. The van der Waals surface area contributed by atoms with E-state index in [9.17, 15) is 0 Å². The van der Waals surface area contributed by atoms with Crippen molar-refractivity contribution in [3.05, 3.63) is 46.9 Å². The summed E-state index contributed by atoms with van der Waals surface area (Å²) in [5.74, 6) is 1.44. The maximum absolute atomic E-state index is 5.73. The summed E-state index contributed by atoms with van der Waals surface area (Å²) in [6.07, 6.45) is 2.20. The Kier molecular flexibility index (Phi) is 2.98. The lowest BCUT2D eigenvalue weighted by Gasteiger charge is -2.02. The number of rotatable bonds is 3. The lowest BCUT2D eigenvalue weighted by Crippen LogP contribution is -1.93. The maximum Gasteiger partial charge on any atom is 0.263 e. The van der Waals surface area contributed by atoms with E-state index < -0.39 is 0 Å². The molecule has 0 saturated heterocycles. The molecule has 3 aromatic rings. The molecule has 3 N–H and O–H groups in total. The Morgan fingerprint density at radius 2 is 2.10 bits per heavy atom. The van der Waals surface area contributed by atoms with Gasteiger partial charge in [0.2, 0.25) is 0 Å². The first kappa shape index (κ1) is 12.4. The van der Waals surface area contributed by atoms with Gasteiger partial charge in [0, 0.05) is 6.42 Å². The molecular formula is C14H15N5O. The van der Waals surface area contributed by atoms with Gasteiger partial charge in [-0.1, -0.05) is 23.4 Å². The second-order valence-corrected chi connectivity index (χ2v) is 4.81. The zero-order valence-corrected chi connectivity index (χ0v) is 11.3. The van der Waals surface area contributed by atoms with E-state index in [-0.39, 0.29) is 0 Å². The summed E-state index contributed by atoms with van der Waals surface area (Å²) in [5, 5.41) is 10.5. The fraction of sp³-hybridized carbons (Fsp3) is 0.214. The fourth-order valence-electron chi connectivity index (χ4n) is 2.00. The normalized spacial score (nSPS) is 10.9. The lowest BCUT2D eigenvalue weighted by atomic mass is 10.0. The Morgan fingerprint density at radius 3 is 2.80 bits per heavy atom. The first-order valence-electron chi connectivity index (χ1n) is 6.31. The van der Waals surface area contributed by atoms with Crippen LogP contribution in [0.1, 0.15) is 22.5 Å². The summed E-state index contributed by atoms with van der Waals surface area (Å²) in [7, 11) is 0. The number of aryl methyl sites for hydroxylation is 2. The Balaban J connectivity index is 1.84. The molecule has 1 aromatic carbocycles. The van der Waals surface area contributed by atoms with Crippen molar-refractivity contribution in [2.24, 2.45) is 0 Å². The molecule has 0 unspecified atom stereocenters. The number of nitrogens with zero attached hydrogens (tertiary/aromatic N) is 3. The van der Waals surface area contributed by atoms with Crippen LogP contribution >= 0.6 is 0 Å². The highest BCUT2D eigenvalue weighted by atomic mass is 16.5. The van der Waals surface area contributed by atoms with Crippen LogP contribution in [0.4, 0.5) is 5.82 Å². The Bertz CT molecular complexity index is 744. The third-order valence-electron chi connectivity index (χ3n) is 3.30.